The summed E-state index contributed by atoms with van der Waals surface area (Å²) in [5.41, 5.74) is 11.6. The zero-order valence-corrected chi connectivity index (χ0v) is 20.1. The van der Waals surface area contributed by atoms with Gasteiger partial charge in [-0.25, -0.2) is 4.79 Å². The van der Waals surface area contributed by atoms with Crippen LogP contribution in [0, 0.1) is 5.92 Å². The van der Waals surface area contributed by atoms with E-state index in [-0.39, 0.29) is 24.5 Å². The molecule has 0 aliphatic heterocycles. The van der Waals surface area contributed by atoms with Crippen LogP contribution in [0.5, 0.6) is 5.75 Å². The van der Waals surface area contributed by atoms with Crippen molar-refractivity contribution < 1.29 is 34.5 Å². The Labute approximate surface area is 204 Å². The van der Waals surface area contributed by atoms with Crippen molar-refractivity contribution in [1.29, 1.82) is 0 Å². The van der Waals surface area contributed by atoms with Crippen molar-refractivity contribution in [1.82, 2.24) is 16.0 Å². The molecular formula is C23H37N5O7. The highest BCUT2D eigenvalue weighted by Gasteiger charge is 2.31. The molecule has 35 heavy (non-hydrogen) atoms. The van der Waals surface area contributed by atoms with E-state index in [9.17, 15) is 29.4 Å². The summed E-state index contributed by atoms with van der Waals surface area (Å²) in [6.07, 6.45) is 1.26. The number of unbranched alkanes of at least 4 members (excludes halogenated alkanes) is 1. The first-order valence-corrected chi connectivity index (χ1v) is 11.5. The van der Waals surface area contributed by atoms with Crippen molar-refractivity contribution >= 4 is 23.7 Å². The average Bonchev–Trinajstić information content (AvgIpc) is 2.81. The third kappa shape index (κ3) is 10.3. The van der Waals surface area contributed by atoms with Crippen molar-refractivity contribution in [2.24, 2.45) is 17.4 Å². The molecule has 1 aromatic rings. The monoisotopic (exact) mass is 495 g/mol. The number of carboxylic acid groups (broad SMARTS) is 1. The van der Waals surface area contributed by atoms with Crippen LogP contribution in [0.1, 0.15) is 38.7 Å². The number of aromatic hydroxyl groups is 1. The Morgan fingerprint density at radius 1 is 0.914 bits per heavy atom. The second-order valence-electron chi connectivity index (χ2n) is 8.63. The Hall–Kier alpha value is -3.22. The summed E-state index contributed by atoms with van der Waals surface area (Å²) in [4.78, 5) is 49.8. The van der Waals surface area contributed by atoms with Gasteiger partial charge in [0.05, 0.1) is 6.61 Å². The van der Waals surface area contributed by atoms with Gasteiger partial charge in [0.1, 0.15) is 29.9 Å². The molecule has 0 radical (unpaired) electrons. The van der Waals surface area contributed by atoms with E-state index in [1.165, 1.54) is 12.1 Å². The molecule has 1 aromatic carbocycles. The number of phenolic OH excluding ortho intramolecular Hbond substituents is 1. The predicted octanol–water partition coefficient (Wildman–Crippen LogP) is -1.42. The minimum atomic E-state index is -1.27. The maximum Gasteiger partial charge on any atom is 0.326 e. The van der Waals surface area contributed by atoms with E-state index in [1.807, 2.05) is 0 Å². The molecule has 0 aliphatic carbocycles. The highest BCUT2D eigenvalue weighted by atomic mass is 16.4. The summed E-state index contributed by atoms with van der Waals surface area (Å²) in [5.74, 6) is -3.65. The second kappa shape index (κ2) is 14.9. The molecule has 0 heterocycles. The van der Waals surface area contributed by atoms with Gasteiger partial charge >= 0.3 is 5.97 Å². The molecule has 0 aromatic heterocycles. The van der Waals surface area contributed by atoms with Crippen LogP contribution in [0.15, 0.2) is 24.3 Å². The van der Waals surface area contributed by atoms with E-state index < -0.39 is 54.5 Å². The fourth-order valence-electron chi connectivity index (χ4n) is 3.24. The molecule has 0 fully saturated rings. The van der Waals surface area contributed by atoms with Crippen molar-refractivity contribution in [3.05, 3.63) is 29.8 Å². The van der Waals surface area contributed by atoms with Crippen LogP contribution >= 0.6 is 0 Å². The topological polar surface area (TPSA) is 217 Å². The number of aliphatic carboxylic acids is 1. The molecule has 196 valence electrons. The Morgan fingerprint density at radius 2 is 1.51 bits per heavy atom. The second-order valence-corrected chi connectivity index (χ2v) is 8.63. The molecule has 3 amide bonds. The number of nitrogens with one attached hydrogen (secondary N) is 3. The summed E-state index contributed by atoms with van der Waals surface area (Å²) in [5, 5.41) is 35.6. The molecular weight excluding hydrogens is 458 g/mol. The van der Waals surface area contributed by atoms with Crippen molar-refractivity contribution in [3.8, 4) is 5.75 Å². The van der Waals surface area contributed by atoms with E-state index >= 15 is 0 Å². The van der Waals surface area contributed by atoms with Gasteiger partial charge in [-0.1, -0.05) is 26.0 Å². The molecule has 12 heteroatoms. The molecule has 0 bridgehead atoms. The number of amides is 3. The minimum absolute atomic E-state index is 0.0269. The van der Waals surface area contributed by atoms with Gasteiger partial charge < -0.3 is 42.7 Å². The van der Waals surface area contributed by atoms with Crippen LogP contribution in [0.2, 0.25) is 0 Å². The SMILES string of the molecule is CC(C)C(NC(=O)C(N)CO)C(=O)NC(CCCCN)C(=O)NC(Cc1ccc(O)cc1)C(=O)O. The Bertz CT molecular complexity index is 847. The normalized spacial score (nSPS) is 14.5. The molecule has 0 spiro atoms. The maximum absolute atomic E-state index is 13.0. The number of carbonyl (C=O) groups is 4. The van der Waals surface area contributed by atoms with Gasteiger partial charge in [-0.2, -0.15) is 0 Å². The minimum Gasteiger partial charge on any atom is -0.508 e. The number of hydrogen-bond donors (Lipinski definition) is 8. The molecule has 4 atom stereocenters. The summed E-state index contributed by atoms with van der Waals surface area (Å²) < 4.78 is 0. The third-order valence-electron chi connectivity index (χ3n) is 5.35. The highest BCUT2D eigenvalue weighted by molar-refractivity contribution is 5.94. The zero-order valence-electron chi connectivity index (χ0n) is 20.1. The van der Waals surface area contributed by atoms with Gasteiger partial charge in [0.2, 0.25) is 17.7 Å². The third-order valence-corrected chi connectivity index (χ3v) is 5.35. The lowest BCUT2D eigenvalue weighted by atomic mass is 10.0. The first-order chi connectivity index (χ1) is 16.5. The molecule has 4 unspecified atom stereocenters. The summed E-state index contributed by atoms with van der Waals surface area (Å²) in [6.45, 7) is 3.16. The summed E-state index contributed by atoms with van der Waals surface area (Å²) in [7, 11) is 0. The molecule has 0 saturated carbocycles. The van der Waals surface area contributed by atoms with Crippen molar-refractivity contribution in [2.45, 2.75) is 63.7 Å². The first-order valence-electron chi connectivity index (χ1n) is 11.5. The van der Waals surface area contributed by atoms with Crippen LogP contribution in [0.4, 0.5) is 0 Å². The lowest BCUT2D eigenvalue weighted by Gasteiger charge is -2.27. The van der Waals surface area contributed by atoms with Crippen molar-refractivity contribution in [3.63, 3.8) is 0 Å². The van der Waals surface area contributed by atoms with Crippen molar-refractivity contribution in [2.75, 3.05) is 13.2 Å². The van der Waals surface area contributed by atoms with Crippen LogP contribution in [0.3, 0.4) is 0 Å². The number of carboxylic acids is 1. The molecule has 1 rings (SSSR count). The van der Waals surface area contributed by atoms with E-state index in [0.29, 0.717) is 24.9 Å². The van der Waals surface area contributed by atoms with Crippen LogP contribution in [-0.4, -0.2) is 76.3 Å². The lowest BCUT2D eigenvalue weighted by Crippen LogP contribution is -2.58. The Balaban J connectivity index is 2.99. The molecule has 0 saturated heterocycles. The molecule has 10 N–H and O–H groups in total. The number of phenols is 1. The Morgan fingerprint density at radius 3 is 2.03 bits per heavy atom. The lowest BCUT2D eigenvalue weighted by molar-refractivity contribution is -0.142. The first kappa shape index (κ1) is 29.8. The summed E-state index contributed by atoms with van der Waals surface area (Å²) in [6, 6.07) is 1.34. The number of rotatable bonds is 15. The fraction of sp³-hybridized carbons (Fsp3) is 0.565. The fourth-order valence-corrected chi connectivity index (χ4v) is 3.24. The number of aliphatic hydroxyl groups excluding tert-OH is 1. The van der Waals surface area contributed by atoms with Gasteiger partial charge in [0, 0.05) is 6.42 Å². The summed E-state index contributed by atoms with van der Waals surface area (Å²) >= 11 is 0. The van der Waals surface area contributed by atoms with E-state index in [2.05, 4.69) is 16.0 Å². The Kier molecular flexibility index (Phi) is 12.7. The number of benzene rings is 1. The van der Waals surface area contributed by atoms with Crippen LogP contribution in [0.25, 0.3) is 0 Å². The average molecular weight is 496 g/mol. The highest BCUT2D eigenvalue weighted by Crippen LogP contribution is 2.12. The van der Waals surface area contributed by atoms with E-state index in [0.717, 1.165) is 0 Å². The van der Waals surface area contributed by atoms with E-state index in [4.69, 9.17) is 16.6 Å². The van der Waals surface area contributed by atoms with Crippen LogP contribution in [-0.2, 0) is 25.6 Å². The standard InChI is InChI=1S/C23H37N5O7/c1-13(2)19(28-20(31)16(25)12-29)22(33)26-17(5-3-4-10-24)21(32)27-18(23(34)35)11-14-6-8-15(30)9-7-14/h6-9,13,16-19,29-30H,3-5,10-12,24-25H2,1-2H3,(H,26,33)(H,27,32)(H,28,31)(H,34,35). The number of hydrogen-bond acceptors (Lipinski definition) is 8. The van der Waals surface area contributed by atoms with Gasteiger partial charge in [0.25, 0.3) is 0 Å². The van der Waals surface area contributed by atoms with Gasteiger partial charge in [-0.3, -0.25) is 14.4 Å². The van der Waals surface area contributed by atoms with Gasteiger partial charge in [-0.05, 0) is 49.4 Å². The maximum atomic E-state index is 13.0. The van der Waals surface area contributed by atoms with Gasteiger partial charge in [0.15, 0.2) is 0 Å². The van der Waals surface area contributed by atoms with Gasteiger partial charge in [-0.15, -0.1) is 0 Å². The van der Waals surface area contributed by atoms with Crippen LogP contribution < -0.4 is 27.4 Å². The number of aliphatic hydroxyl groups is 1. The largest absolute Gasteiger partial charge is 0.508 e. The number of carbonyl (C=O) groups excluding carboxylic acids is 3. The molecule has 0 aliphatic rings. The van der Waals surface area contributed by atoms with E-state index in [1.54, 1.807) is 26.0 Å². The molecule has 12 nitrogen and oxygen atoms in total. The predicted molar refractivity (Wildman–Crippen MR) is 128 cm³/mol. The zero-order chi connectivity index (χ0) is 26.5. The quantitative estimate of drug-likeness (QED) is 0.134. The number of nitrogens with two attached hydrogens (primary N) is 2. The smallest absolute Gasteiger partial charge is 0.326 e.